The number of aliphatic hydroxyl groups is 1. The van der Waals surface area contributed by atoms with Gasteiger partial charge in [0.25, 0.3) is 0 Å². The fraction of sp³-hybridized carbons (Fsp3) is 0.556. The molecule has 1 fully saturated rings. The highest BCUT2D eigenvalue weighted by Crippen LogP contribution is 2.33. The Labute approximate surface area is 137 Å². The van der Waals surface area contributed by atoms with E-state index in [1.54, 1.807) is 16.8 Å². The smallest absolute Gasteiger partial charge is 0.225 e. The molecule has 126 valence electrons. The lowest BCUT2D eigenvalue weighted by Gasteiger charge is -2.37. The molecule has 1 aromatic carbocycles. The van der Waals surface area contributed by atoms with Crippen LogP contribution in [-0.2, 0) is 16.1 Å². The number of aryl methyl sites for hydroxylation is 1. The predicted octanol–water partition coefficient (Wildman–Crippen LogP) is 1.72. The molecule has 2 amide bonds. The topological polar surface area (TPSA) is 60.9 Å². The number of hydrogen-bond donors (Lipinski definition) is 1. The summed E-state index contributed by atoms with van der Waals surface area (Å²) in [4.78, 5) is 27.8. The number of amides is 2. The van der Waals surface area contributed by atoms with Gasteiger partial charge >= 0.3 is 0 Å². The van der Waals surface area contributed by atoms with Crippen molar-refractivity contribution in [3.05, 3.63) is 35.4 Å². The van der Waals surface area contributed by atoms with Crippen molar-refractivity contribution in [2.45, 2.75) is 45.2 Å². The molecule has 0 bridgehead atoms. The van der Waals surface area contributed by atoms with E-state index >= 15 is 0 Å². The van der Waals surface area contributed by atoms with Gasteiger partial charge in [0.05, 0.1) is 18.6 Å². The van der Waals surface area contributed by atoms with Gasteiger partial charge in [-0.1, -0.05) is 24.3 Å². The molecule has 1 heterocycles. The van der Waals surface area contributed by atoms with Crippen molar-refractivity contribution in [2.75, 3.05) is 20.2 Å². The summed E-state index contributed by atoms with van der Waals surface area (Å²) < 4.78 is 0. The Hall–Kier alpha value is -1.88. The first-order valence-electron chi connectivity index (χ1n) is 8.07. The number of aliphatic hydroxyl groups excluding tert-OH is 1. The summed E-state index contributed by atoms with van der Waals surface area (Å²) in [6.45, 7) is 4.50. The Bertz CT molecular complexity index is 587. The maximum Gasteiger partial charge on any atom is 0.225 e. The molecule has 0 radical (unpaired) electrons. The number of benzene rings is 1. The Morgan fingerprint density at radius 3 is 2.65 bits per heavy atom. The third-order valence-electron chi connectivity index (χ3n) is 4.85. The zero-order valence-corrected chi connectivity index (χ0v) is 14.2. The summed E-state index contributed by atoms with van der Waals surface area (Å²) in [5, 5.41) is 9.84. The van der Waals surface area contributed by atoms with Gasteiger partial charge < -0.3 is 14.9 Å². The molecule has 1 atom stereocenters. The average molecular weight is 318 g/mol. The first kappa shape index (κ1) is 17.5. The van der Waals surface area contributed by atoms with Crippen LogP contribution in [0.1, 0.15) is 37.3 Å². The number of carbonyl (C=O) groups excluding carboxylic acids is 2. The minimum Gasteiger partial charge on any atom is -0.394 e. The second-order valence-corrected chi connectivity index (χ2v) is 6.51. The molecule has 2 rings (SSSR count). The molecule has 0 aromatic heterocycles. The van der Waals surface area contributed by atoms with Gasteiger partial charge in [-0.3, -0.25) is 9.59 Å². The van der Waals surface area contributed by atoms with Crippen LogP contribution in [0.15, 0.2) is 24.3 Å². The molecule has 5 heteroatoms. The fourth-order valence-corrected chi connectivity index (χ4v) is 3.38. The van der Waals surface area contributed by atoms with Crippen molar-refractivity contribution in [1.29, 1.82) is 0 Å². The van der Waals surface area contributed by atoms with E-state index in [4.69, 9.17) is 0 Å². The molecule has 1 saturated heterocycles. The van der Waals surface area contributed by atoms with Crippen molar-refractivity contribution < 1.29 is 14.7 Å². The van der Waals surface area contributed by atoms with Gasteiger partial charge in [0.1, 0.15) is 0 Å². The van der Waals surface area contributed by atoms with Crippen molar-refractivity contribution >= 4 is 11.8 Å². The summed E-state index contributed by atoms with van der Waals surface area (Å²) in [7, 11) is 1.77. The average Bonchev–Trinajstić information content (AvgIpc) is 2.93. The van der Waals surface area contributed by atoms with Crippen LogP contribution in [-0.4, -0.2) is 52.5 Å². The molecule has 5 nitrogen and oxygen atoms in total. The van der Waals surface area contributed by atoms with Gasteiger partial charge in [-0.15, -0.1) is 0 Å². The van der Waals surface area contributed by atoms with E-state index in [1.165, 1.54) is 6.92 Å². The van der Waals surface area contributed by atoms with E-state index in [1.807, 2.05) is 31.2 Å². The zero-order valence-electron chi connectivity index (χ0n) is 14.2. The Balaban J connectivity index is 2.07. The van der Waals surface area contributed by atoms with Crippen LogP contribution < -0.4 is 0 Å². The minimum absolute atomic E-state index is 0.0459. The summed E-state index contributed by atoms with van der Waals surface area (Å²) in [5.74, 6) is -0.124. The quantitative estimate of drug-likeness (QED) is 0.899. The highest BCUT2D eigenvalue weighted by atomic mass is 16.3. The first-order chi connectivity index (χ1) is 10.9. The van der Waals surface area contributed by atoms with Crippen molar-refractivity contribution in [1.82, 2.24) is 9.80 Å². The standard InChI is InChI=1S/C18H26N2O3/c1-14-7-4-5-8-16(14)12-19(3)17(23)11-18(13-21)9-6-10-20(18)15(2)22/h4-5,7-8,21H,6,9-13H2,1-3H3/t18-/m1/s1. The molecule has 1 aliphatic heterocycles. The van der Waals surface area contributed by atoms with Crippen molar-refractivity contribution in [3.8, 4) is 0 Å². The van der Waals surface area contributed by atoms with Crippen LogP contribution in [0.25, 0.3) is 0 Å². The molecule has 0 spiro atoms. The highest BCUT2D eigenvalue weighted by molar-refractivity contribution is 5.80. The molecule has 0 unspecified atom stereocenters. The molecule has 23 heavy (non-hydrogen) atoms. The number of carbonyl (C=O) groups is 2. The Kier molecular flexibility index (Phi) is 5.42. The molecule has 0 aliphatic carbocycles. The number of nitrogens with zero attached hydrogens (tertiary/aromatic N) is 2. The Morgan fingerprint density at radius 2 is 2.04 bits per heavy atom. The van der Waals surface area contributed by atoms with Crippen LogP contribution in [0.5, 0.6) is 0 Å². The lowest BCUT2D eigenvalue weighted by atomic mass is 9.92. The van der Waals surface area contributed by atoms with Gasteiger partial charge in [-0.25, -0.2) is 0 Å². The minimum atomic E-state index is -0.733. The summed E-state index contributed by atoms with van der Waals surface area (Å²) in [6, 6.07) is 7.98. The third kappa shape index (κ3) is 3.72. The lowest BCUT2D eigenvalue weighted by molar-refractivity contribution is -0.140. The van der Waals surface area contributed by atoms with Crippen molar-refractivity contribution in [2.24, 2.45) is 0 Å². The fourth-order valence-electron chi connectivity index (χ4n) is 3.38. The lowest BCUT2D eigenvalue weighted by Crippen LogP contribution is -2.52. The number of rotatable bonds is 5. The highest BCUT2D eigenvalue weighted by Gasteiger charge is 2.44. The molecule has 1 aliphatic rings. The van der Waals surface area contributed by atoms with Gasteiger partial charge in [-0.2, -0.15) is 0 Å². The molecule has 0 saturated carbocycles. The zero-order chi connectivity index (χ0) is 17.0. The van der Waals surface area contributed by atoms with E-state index in [-0.39, 0.29) is 24.8 Å². The SMILES string of the molecule is CC(=O)N1CCC[C@]1(CO)CC(=O)N(C)Cc1ccccc1C. The number of likely N-dealkylation sites (tertiary alicyclic amines) is 1. The largest absolute Gasteiger partial charge is 0.394 e. The summed E-state index contributed by atoms with van der Waals surface area (Å²) in [5.41, 5.74) is 1.52. The maximum atomic E-state index is 12.6. The maximum absolute atomic E-state index is 12.6. The molecule has 1 N–H and O–H groups in total. The van der Waals surface area contributed by atoms with Gasteiger partial charge in [0.2, 0.25) is 11.8 Å². The van der Waals surface area contributed by atoms with Gasteiger partial charge in [0.15, 0.2) is 0 Å². The van der Waals surface area contributed by atoms with Crippen LogP contribution in [0, 0.1) is 6.92 Å². The first-order valence-corrected chi connectivity index (χ1v) is 8.07. The Morgan fingerprint density at radius 1 is 1.35 bits per heavy atom. The second kappa shape index (κ2) is 7.13. The molecular weight excluding hydrogens is 292 g/mol. The van der Waals surface area contributed by atoms with Crippen molar-refractivity contribution in [3.63, 3.8) is 0 Å². The van der Waals surface area contributed by atoms with Gasteiger partial charge in [0, 0.05) is 27.1 Å². The van der Waals surface area contributed by atoms with Crippen LogP contribution >= 0.6 is 0 Å². The van der Waals surface area contributed by atoms with E-state index < -0.39 is 5.54 Å². The van der Waals surface area contributed by atoms with Crippen LogP contribution in [0.3, 0.4) is 0 Å². The monoisotopic (exact) mass is 318 g/mol. The molecule has 1 aromatic rings. The molecular formula is C18H26N2O3. The number of hydrogen-bond acceptors (Lipinski definition) is 3. The normalized spacial score (nSPS) is 20.6. The predicted molar refractivity (Wildman–Crippen MR) is 88.7 cm³/mol. The summed E-state index contributed by atoms with van der Waals surface area (Å²) >= 11 is 0. The van der Waals surface area contributed by atoms with E-state index in [2.05, 4.69) is 0 Å². The van der Waals surface area contributed by atoms with Gasteiger partial charge in [-0.05, 0) is 30.9 Å². The van der Waals surface area contributed by atoms with Crippen LogP contribution in [0.2, 0.25) is 0 Å². The van der Waals surface area contributed by atoms with E-state index in [0.717, 1.165) is 17.5 Å². The second-order valence-electron chi connectivity index (χ2n) is 6.51. The van der Waals surface area contributed by atoms with Crippen LogP contribution in [0.4, 0.5) is 0 Å². The van der Waals surface area contributed by atoms with E-state index in [0.29, 0.717) is 19.5 Å². The summed E-state index contributed by atoms with van der Waals surface area (Å²) in [6.07, 6.45) is 1.67. The third-order valence-corrected chi connectivity index (χ3v) is 4.85. The van der Waals surface area contributed by atoms with E-state index in [9.17, 15) is 14.7 Å².